The molecule has 0 bridgehead atoms. The van der Waals surface area contributed by atoms with E-state index in [-0.39, 0.29) is 5.76 Å². The summed E-state index contributed by atoms with van der Waals surface area (Å²) >= 11 is 0. The highest BCUT2D eigenvalue weighted by Gasteiger charge is 2.11. The molecule has 2 heterocycles. The van der Waals surface area contributed by atoms with Crippen molar-refractivity contribution in [3.05, 3.63) is 118 Å². The quantitative estimate of drug-likeness (QED) is 0.288. The van der Waals surface area contributed by atoms with Gasteiger partial charge in [-0.25, -0.2) is 4.79 Å². The summed E-state index contributed by atoms with van der Waals surface area (Å²) in [6.07, 6.45) is 4.02. The van der Waals surface area contributed by atoms with Crippen LogP contribution in [0.15, 0.2) is 94.1 Å². The van der Waals surface area contributed by atoms with Crippen LogP contribution in [0.3, 0.4) is 0 Å². The number of aryl methyl sites for hydroxylation is 1. The first-order valence-electron chi connectivity index (χ1n) is 11.0. The smallest absolute Gasteiger partial charge is 0.336 e. The molecule has 172 valence electrons. The van der Waals surface area contributed by atoms with E-state index in [4.69, 9.17) is 4.42 Å². The van der Waals surface area contributed by atoms with E-state index < -0.39 is 11.5 Å². The van der Waals surface area contributed by atoms with Gasteiger partial charge in [-0.15, -0.1) is 0 Å². The van der Waals surface area contributed by atoms with E-state index in [1.165, 1.54) is 12.1 Å². The molecular weight excluding hydrogens is 440 g/mol. The fourth-order valence-electron chi connectivity index (χ4n) is 3.73. The Morgan fingerprint density at radius 1 is 0.886 bits per heavy atom. The van der Waals surface area contributed by atoms with E-state index >= 15 is 0 Å². The lowest BCUT2D eigenvalue weighted by atomic mass is 10.1. The number of nitrogens with one attached hydrogen (secondary N) is 3. The number of aromatic amines is 1. The van der Waals surface area contributed by atoms with Gasteiger partial charge in [-0.05, 0) is 66.6 Å². The van der Waals surface area contributed by atoms with Gasteiger partial charge < -0.3 is 15.1 Å². The Bertz CT molecular complexity index is 1600. The zero-order valence-electron chi connectivity index (χ0n) is 18.9. The van der Waals surface area contributed by atoms with Crippen LogP contribution >= 0.6 is 0 Å². The van der Waals surface area contributed by atoms with Crippen LogP contribution in [0.25, 0.3) is 23.1 Å². The van der Waals surface area contributed by atoms with E-state index in [2.05, 4.69) is 20.8 Å². The molecule has 3 aromatic carbocycles. The fourth-order valence-corrected chi connectivity index (χ4v) is 3.73. The summed E-state index contributed by atoms with van der Waals surface area (Å²) in [4.78, 5) is 24.1. The lowest BCUT2D eigenvalue weighted by molar-refractivity contribution is 0.0992. The SMILES string of the molecule is Cc1cc(C(=O)Nc2cccc(Nc3ccc4c(/C=C/c5ccccc5)n[nH]c4c3)c2)oc(=O)c1. The second-order valence-electron chi connectivity index (χ2n) is 8.09. The molecule has 0 unspecified atom stereocenters. The molecule has 0 atom stereocenters. The van der Waals surface area contributed by atoms with Crippen molar-refractivity contribution in [2.24, 2.45) is 0 Å². The number of amides is 1. The van der Waals surface area contributed by atoms with Crippen molar-refractivity contribution in [3.8, 4) is 0 Å². The van der Waals surface area contributed by atoms with Crippen LogP contribution in [0.4, 0.5) is 17.1 Å². The van der Waals surface area contributed by atoms with Crippen molar-refractivity contribution in [2.45, 2.75) is 6.92 Å². The fraction of sp³-hybridized carbons (Fsp3) is 0.0357. The summed E-state index contributed by atoms with van der Waals surface area (Å²) in [5.41, 5.74) is 5.21. The molecule has 0 saturated heterocycles. The third-order valence-corrected chi connectivity index (χ3v) is 5.37. The maximum absolute atomic E-state index is 12.5. The van der Waals surface area contributed by atoms with Gasteiger partial charge in [0.15, 0.2) is 5.76 Å². The van der Waals surface area contributed by atoms with Gasteiger partial charge in [0, 0.05) is 28.5 Å². The highest BCUT2D eigenvalue weighted by molar-refractivity contribution is 6.02. The molecule has 0 aliphatic carbocycles. The van der Waals surface area contributed by atoms with Gasteiger partial charge in [-0.1, -0.05) is 42.5 Å². The maximum Gasteiger partial charge on any atom is 0.336 e. The first-order chi connectivity index (χ1) is 17.0. The molecule has 0 saturated carbocycles. The minimum absolute atomic E-state index is 0.0322. The molecule has 35 heavy (non-hydrogen) atoms. The minimum atomic E-state index is -0.557. The van der Waals surface area contributed by atoms with Crippen LogP contribution in [0.1, 0.15) is 27.4 Å². The topological polar surface area (TPSA) is 100 Å². The number of fused-ring (bicyclic) bond motifs is 1. The summed E-state index contributed by atoms with van der Waals surface area (Å²) < 4.78 is 5.01. The number of hydrogen-bond donors (Lipinski definition) is 3. The average molecular weight is 463 g/mol. The monoisotopic (exact) mass is 462 g/mol. The van der Waals surface area contributed by atoms with Gasteiger partial charge in [-0.3, -0.25) is 9.89 Å². The number of rotatable bonds is 6. The van der Waals surface area contributed by atoms with Gasteiger partial charge >= 0.3 is 5.63 Å². The van der Waals surface area contributed by atoms with Crippen molar-refractivity contribution < 1.29 is 9.21 Å². The second kappa shape index (κ2) is 9.52. The Kier molecular flexibility index (Phi) is 5.96. The molecule has 3 N–H and O–H groups in total. The molecule has 7 nitrogen and oxygen atoms in total. The summed E-state index contributed by atoms with van der Waals surface area (Å²) in [6, 6.07) is 26.2. The number of anilines is 3. The van der Waals surface area contributed by atoms with Crippen molar-refractivity contribution in [3.63, 3.8) is 0 Å². The molecule has 1 amide bonds. The van der Waals surface area contributed by atoms with Crippen LogP contribution in [-0.4, -0.2) is 16.1 Å². The van der Waals surface area contributed by atoms with Crippen LogP contribution in [-0.2, 0) is 0 Å². The highest BCUT2D eigenvalue weighted by Crippen LogP contribution is 2.25. The molecule has 0 fully saturated rings. The Labute approximate surface area is 201 Å². The predicted octanol–water partition coefficient (Wildman–Crippen LogP) is 5.99. The zero-order chi connectivity index (χ0) is 24.2. The molecule has 0 aliphatic heterocycles. The molecule has 0 spiro atoms. The highest BCUT2D eigenvalue weighted by atomic mass is 16.4. The third-order valence-electron chi connectivity index (χ3n) is 5.37. The van der Waals surface area contributed by atoms with E-state index in [0.29, 0.717) is 11.3 Å². The third kappa shape index (κ3) is 5.20. The molecular formula is C28H22N4O3. The Balaban J connectivity index is 1.31. The number of nitrogens with zero attached hydrogens (tertiary/aromatic N) is 1. The Morgan fingerprint density at radius 2 is 1.69 bits per heavy atom. The predicted molar refractivity (Wildman–Crippen MR) is 139 cm³/mol. The number of carbonyl (C=O) groups excluding carboxylic acids is 1. The summed E-state index contributed by atoms with van der Waals surface area (Å²) in [5.74, 6) is -0.520. The number of benzene rings is 3. The first kappa shape index (κ1) is 21.9. The second-order valence-corrected chi connectivity index (χ2v) is 8.09. The summed E-state index contributed by atoms with van der Waals surface area (Å²) in [6.45, 7) is 1.73. The van der Waals surface area contributed by atoms with Crippen LogP contribution < -0.4 is 16.3 Å². The van der Waals surface area contributed by atoms with Gasteiger partial charge in [-0.2, -0.15) is 5.10 Å². The zero-order valence-corrected chi connectivity index (χ0v) is 18.9. The lowest BCUT2D eigenvalue weighted by Gasteiger charge is -2.10. The number of H-pyrrole nitrogens is 1. The Morgan fingerprint density at radius 3 is 2.51 bits per heavy atom. The van der Waals surface area contributed by atoms with Gasteiger partial charge in [0.05, 0.1) is 11.2 Å². The van der Waals surface area contributed by atoms with Crippen LogP contribution in [0.2, 0.25) is 0 Å². The van der Waals surface area contributed by atoms with E-state index in [1.807, 2.05) is 72.8 Å². The van der Waals surface area contributed by atoms with E-state index in [0.717, 1.165) is 33.5 Å². The largest absolute Gasteiger partial charge is 0.417 e. The molecule has 5 aromatic rings. The standard InChI is InChI=1S/C28H22N4O3/c1-18-14-26(35-27(33)15-18)28(34)30-21-9-5-8-20(16-21)29-22-11-12-23-24(31-32-25(23)17-22)13-10-19-6-3-2-4-7-19/h2-17,29H,1H3,(H,30,34)(H,31,32)/b13-10+. The van der Waals surface area contributed by atoms with Crippen molar-refractivity contribution >= 4 is 46.0 Å². The molecule has 2 aromatic heterocycles. The minimum Gasteiger partial charge on any atom is -0.417 e. The average Bonchev–Trinajstić information content (AvgIpc) is 3.25. The normalized spacial score (nSPS) is 11.1. The van der Waals surface area contributed by atoms with Gasteiger partial charge in [0.25, 0.3) is 5.91 Å². The summed E-state index contributed by atoms with van der Waals surface area (Å²) in [7, 11) is 0. The van der Waals surface area contributed by atoms with Crippen LogP contribution in [0, 0.1) is 6.92 Å². The van der Waals surface area contributed by atoms with E-state index in [9.17, 15) is 9.59 Å². The molecule has 7 heteroatoms. The maximum atomic E-state index is 12.5. The molecule has 5 rings (SSSR count). The van der Waals surface area contributed by atoms with Gasteiger partial charge in [0.1, 0.15) is 0 Å². The molecule has 0 radical (unpaired) electrons. The first-order valence-corrected chi connectivity index (χ1v) is 11.0. The van der Waals surface area contributed by atoms with Gasteiger partial charge in [0.2, 0.25) is 0 Å². The number of hydrogen-bond acceptors (Lipinski definition) is 5. The Hall–Kier alpha value is -4.91. The van der Waals surface area contributed by atoms with Crippen molar-refractivity contribution in [2.75, 3.05) is 10.6 Å². The summed E-state index contributed by atoms with van der Waals surface area (Å²) in [5, 5.41) is 14.6. The molecule has 0 aliphatic rings. The number of aromatic nitrogens is 2. The van der Waals surface area contributed by atoms with Crippen LogP contribution in [0.5, 0.6) is 0 Å². The lowest BCUT2D eigenvalue weighted by Crippen LogP contribution is -2.15. The number of carbonyl (C=O) groups is 1. The van der Waals surface area contributed by atoms with Crippen molar-refractivity contribution in [1.82, 2.24) is 10.2 Å². The van der Waals surface area contributed by atoms with E-state index in [1.54, 1.807) is 19.1 Å². The van der Waals surface area contributed by atoms with Crippen molar-refractivity contribution in [1.29, 1.82) is 0 Å².